The van der Waals surface area contributed by atoms with Crippen molar-refractivity contribution in [2.75, 3.05) is 5.32 Å². The molecule has 2 aromatic rings. The highest BCUT2D eigenvalue weighted by molar-refractivity contribution is 9.10. The van der Waals surface area contributed by atoms with Crippen LogP contribution < -0.4 is 11.1 Å². The van der Waals surface area contributed by atoms with Crippen molar-refractivity contribution in [3.05, 3.63) is 63.6 Å². The number of halogens is 1. The summed E-state index contributed by atoms with van der Waals surface area (Å²) in [6, 6.07) is 12.9. The molecule has 0 aliphatic rings. The van der Waals surface area contributed by atoms with Gasteiger partial charge in [-0.05, 0) is 58.2 Å². The minimum atomic E-state index is -0.151. The smallest absolute Gasteiger partial charge is 0.255 e. The number of hydrogen-bond acceptors (Lipinski definition) is 2. The lowest BCUT2D eigenvalue weighted by Crippen LogP contribution is -2.13. The van der Waals surface area contributed by atoms with Gasteiger partial charge in [0.15, 0.2) is 0 Å². The summed E-state index contributed by atoms with van der Waals surface area (Å²) in [4.78, 5) is 12.5. The van der Waals surface area contributed by atoms with Crippen molar-refractivity contribution in [3.8, 4) is 0 Å². The molecule has 0 bridgehead atoms. The van der Waals surface area contributed by atoms with Crippen LogP contribution in [0, 0.1) is 0 Å². The summed E-state index contributed by atoms with van der Waals surface area (Å²) in [5, 5.41) is 2.86. The van der Waals surface area contributed by atoms with Gasteiger partial charge in [0.25, 0.3) is 5.91 Å². The first kappa shape index (κ1) is 15.7. The number of anilines is 1. The van der Waals surface area contributed by atoms with Crippen LogP contribution in [-0.2, 0) is 6.42 Å². The van der Waals surface area contributed by atoms with Crippen molar-refractivity contribution >= 4 is 44.7 Å². The van der Waals surface area contributed by atoms with E-state index >= 15 is 0 Å². The van der Waals surface area contributed by atoms with E-state index in [0.29, 0.717) is 16.2 Å². The fourth-order valence-electron chi connectivity index (χ4n) is 1.86. The molecule has 0 fully saturated rings. The Hall–Kier alpha value is -1.72. The van der Waals surface area contributed by atoms with Gasteiger partial charge in [-0.25, -0.2) is 0 Å². The van der Waals surface area contributed by atoms with E-state index in [-0.39, 0.29) is 5.91 Å². The minimum absolute atomic E-state index is 0.151. The fourth-order valence-corrected chi connectivity index (χ4v) is 2.46. The molecule has 2 rings (SSSR count). The number of carbonyl (C=O) groups excluding carboxylic acids is 1. The van der Waals surface area contributed by atoms with Crippen molar-refractivity contribution in [2.24, 2.45) is 5.73 Å². The maximum atomic E-state index is 12.2. The topological polar surface area (TPSA) is 55.1 Å². The zero-order chi connectivity index (χ0) is 15.4. The minimum Gasteiger partial charge on any atom is -0.389 e. The van der Waals surface area contributed by atoms with Crippen molar-refractivity contribution in [2.45, 2.75) is 13.3 Å². The molecule has 1 amide bonds. The number of nitrogens with one attached hydrogen (secondary N) is 1. The zero-order valence-corrected chi connectivity index (χ0v) is 13.9. The van der Waals surface area contributed by atoms with Gasteiger partial charge in [0.05, 0.1) is 5.69 Å². The third-order valence-electron chi connectivity index (χ3n) is 3.13. The third kappa shape index (κ3) is 3.89. The van der Waals surface area contributed by atoms with Crippen LogP contribution in [0.4, 0.5) is 5.69 Å². The molecule has 0 aromatic heterocycles. The molecule has 0 heterocycles. The number of benzene rings is 2. The van der Waals surface area contributed by atoms with Gasteiger partial charge < -0.3 is 11.1 Å². The van der Waals surface area contributed by atoms with Crippen LogP contribution in [0.3, 0.4) is 0 Å². The first-order valence-electron chi connectivity index (χ1n) is 6.51. The van der Waals surface area contributed by atoms with Gasteiger partial charge >= 0.3 is 0 Å². The third-order valence-corrected chi connectivity index (χ3v) is 4.02. The van der Waals surface area contributed by atoms with Gasteiger partial charge in [0.1, 0.15) is 4.99 Å². The molecule has 0 atom stereocenters. The van der Waals surface area contributed by atoms with Crippen LogP contribution in [0.2, 0.25) is 0 Å². The number of thiocarbonyl (C=S) groups is 1. The number of rotatable bonds is 4. The molecule has 0 saturated heterocycles. The Bertz CT molecular complexity index is 683. The second-order valence-electron chi connectivity index (χ2n) is 4.56. The molecule has 3 nitrogen and oxygen atoms in total. The lowest BCUT2D eigenvalue weighted by atomic mass is 10.1. The predicted octanol–water partition coefficient (Wildman–Crippen LogP) is 3.90. The number of amides is 1. The Kier molecular flexibility index (Phi) is 5.09. The highest BCUT2D eigenvalue weighted by Gasteiger charge is 2.09. The molecule has 0 unspecified atom stereocenters. The van der Waals surface area contributed by atoms with Crippen molar-refractivity contribution in [1.29, 1.82) is 0 Å². The molecule has 0 saturated carbocycles. The largest absolute Gasteiger partial charge is 0.389 e. The maximum absolute atomic E-state index is 12.2. The quantitative estimate of drug-likeness (QED) is 0.811. The highest BCUT2D eigenvalue weighted by atomic mass is 79.9. The molecular weight excluding hydrogens is 348 g/mol. The van der Waals surface area contributed by atoms with Crippen molar-refractivity contribution < 1.29 is 4.79 Å². The molecule has 108 valence electrons. The Morgan fingerprint density at radius 2 is 1.81 bits per heavy atom. The van der Waals surface area contributed by atoms with E-state index in [4.69, 9.17) is 18.0 Å². The molecule has 0 aliphatic heterocycles. The van der Waals surface area contributed by atoms with Gasteiger partial charge in [-0.15, -0.1) is 0 Å². The number of hydrogen-bond donors (Lipinski definition) is 2. The van der Waals surface area contributed by atoms with Crippen LogP contribution >= 0.6 is 28.1 Å². The molecule has 0 radical (unpaired) electrons. The monoisotopic (exact) mass is 362 g/mol. The number of carbonyl (C=O) groups is 1. The maximum Gasteiger partial charge on any atom is 0.255 e. The standard InChI is InChI=1S/C16H15BrN2OS/c1-2-10-3-5-11(6-4-10)16(20)19-14-8-7-12(15(18)21)9-13(14)17/h3-9H,2H2,1H3,(H2,18,21)(H,19,20). The van der Waals surface area contributed by atoms with Gasteiger partial charge in [-0.2, -0.15) is 0 Å². The number of aryl methyl sites for hydroxylation is 1. The van der Waals surface area contributed by atoms with E-state index in [2.05, 4.69) is 28.2 Å². The van der Waals surface area contributed by atoms with Gasteiger partial charge in [-0.1, -0.05) is 31.3 Å². The Labute approximate surface area is 137 Å². The fraction of sp³-hybridized carbons (Fsp3) is 0.125. The van der Waals surface area contributed by atoms with E-state index in [9.17, 15) is 4.79 Å². The van der Waals surface area contributed by atoms with Gasteiger partial charge in [0, 0.05) is 15.6 Å². The van der Waals surface area contributed by atoms with Crippen LogP contribution in [-0.4, -0.2) is 10.9 Å². The molecule has 0 spiro atoms. The molecule has 21 heavy (non-hydrogen) atoms. The molecule has 3 N–H and O–H groups in total. The summed E-state index contributed by atoms with van der Waals surface area (Å²) in [5.74, 6) is -0.151. The van der Waals surface area contributed by atoms with E-state index in [0.717, 1.165) is 16.5 Å². The summed E-state index contributed by atoms with van der Waals surface area (Å²) in [6.07, 6.45) is 0.952. The molecule has 0 aliphatic carbocycles. The second kappa shape index (κ2) is 6.83. The van der Waals surface area contributed by atoms with Crippen LogP contribution in [0.1, 0.15) is 28.4 Å². The predicted molar refractivity (Wildman–Crippen MR) is 93.8 cm³/mol. The average Bonchev–Trinajstić information content (AvgIpc) is 2.49. The van der Waals surface area contributed by atoms with Crippen molar-refractivity contribution in [1.82, 2.24) is 0 Å². The lowest BCUT2D eigenvalue weighted by molar-refractivity contribution is 0.102. The zero-order valence-electron chi connectivity index (χ0n) is 11.5. The average molecular weight is 363 g/mol. The molecular formula is C16H15BrN2OS. The van der Waals surface area contributed by atoms with Crippen molar-refractivity contribution in [3.63, 3.8) is 0 Å². The SMILES string of the molecule is CCc1ccc(C(=O)Nc2ccc(C(N)=S)cc2Br)cc1. The van der Waals surface area contributed by atoms with Gasteiger partial charge in [0.2, 0.25) is 0 Å². The summed E-state index contributed by atoms with van der Waals surface area (Å²) < 4.78 is 0.742. The lowest BCUT2D eigenvalue weighted by Gasteiger charge is -2.09. The Balaban J connectivity index is 2.17. The number of nitrogens with two attached hydrogens (primary N) is 1. The van der Waals surface area contributed by atoms with E-state index in [1.807, 2.05) is 24.3 Å². The first-order chi connectivity index (χ1) is 10.0. The normalized spacial score (nSPS) is 10.2. The summed E-state index contributed by atoms with van der Waals surface area (Å²) in [6.45, 7) is 2.08. The van der Waals surface area contributed by atoms with Crippen LogP contribution in [0.25, 0.3) is 0 Å². The van der Waals surface area contributed by atoms with Crippen LogP contribution in [0.15, 0.2) is 46.9 Å². The van der Waals surface area contributed by atoms with Crippen LogP contribution in [0.5, 0.6) is 0 Å². The Morgan fingerprint density at radius 1 is 1.19 bits per heavy atom. The Morgan fingerprint density at radius 3 is 2.33 bits per heavy atom. The van der Waals surface area contributed by atoms with E-state index in [1.165, 1.54) is 5.56 Å². The molecule has 2 aromatic carbocycles. The molecule has 5 heteroatoms. The van der Waals surface area contributed by atoms with E-state index < -0.39 is 0 Å². The van der Waals surface area contributed by atoms with Gasteiger partial charge in [-0.3, -0.25) is 4.79 Å². The summed E-state index contributed by atoms with van der Waals surface area (Å²) in [7, 11) is 0. The first-order valence-corrected chi connectivity index (χ1v) is 7.71. The summed E-state index contributed by atoms with van der Waals surface area (Å²) >= 11 is 8.33. The second-order valence-corrected chi connectivity index (χ2v) is 5.86. The van der Waals surface area contributed by atoms with E-state index in [1.54, 1.807) is 18.2 Å². The summed E-state index contributed by atoms with van der Waals surface area (Å²) in [5.41, 5.74) is 8.83. The highest BCUT2D eigenvalue weighted by Crippen LogP contribution is 2.24.